The maximum atomic E-state index is 13.9. The predicted molar refractivity (Wildman–Crippen MR) is 128 cm³/mol. The van der Waals surface area contributed by atoms with E-state index in [0.29, 0.717) is 30.6 Å². The third-order valence-electron chi connectivity index (χ3n) is 6.75. The second-order valence-corrected chi connectivity index (χ2v) is 9.21. The van der Waals surface area contributed by atoms with Gasteiger partial charge in [-0.2, -0.15) is 0 Å². The number of nitrogens with one attached hydrogen (secondary N) is 1. The fourth-order valence-electron chi connectivity index (χ4n) is 4.79. The maximum Gasteiger partial charge on any atom is 0.264 e. The van der Waals surface area contributed by atoms with Gasteiger partial charge >= 0.3 is 0 Å². The molecule has 0 spiro atoms. The smallest absolute Gasteiger partial charge is 0.264 e. The van der Waals surface area contributed by atoms with Gasteiger partial charge in [0.2, 0.25) is 0 Å². The van der Waals surface area contributed by atoms with Crippen LogP contribution >= 0.6 is 0 Å². The largest absolute Gasteiger partial charge is 0.497 e. The zero-order valence-corrected chi connectivity index (χ0v) is 20.1. The minimum atomic E-state index is -1.26. The van der Waals surface area contributed by atoms with Crippen LogP contribution in [0.25, 0.3) is 0 Å². The van der Waals surface area contributed by atoms with Crippen LogP contribution in [0, 0.1) is 11.6 Å². The molecular weight excluding hydrogens is 470 g/mol. The number of amides is 3. The molecule has 1 aliphatic carbocycles. The number of benzene rings is 2. The number of carbonyl (C=O) groups is 3. The number of rotatable bonds is 5. The Morgan fingerprint density at radius 3 is 2.17 bits per heavy atom. The summed E-state index contributed by atoms with van der Waals surface area (Å²) >= 11 is 0. The molecule has 1 saturated carbocycles. The molecule has 4 rings (SSSR count). The fraction of sp³-hybridized carbons (Fsp3) is 0.423. The predicted octanol–water partition coefficient (Wildman–Crippen LogP) is 2.67. The maximum absolute atomic E-state index is 13.9. The van der Waals surface area contributed by atoms with Gasteiger partial charge in [-0.05, 0) is 68.5 Å². The lowest BCUT2D eigenvalue weighted by Crippen LogP contribution is -2.64. The molecule has 1 atom stereocenters. The monoisotopic (exact) mass is 500 g/mol. The van der Waals surface area contributed by atoms with Gasteiger partial charge in [0, 0.05) is 36.3 Å². The molecule has 0 aromatic heterocycles. The van der Waals surface area contributed by atoms with Gasteiger partial charge in [-0.1, -0.05) is 6.07 Å². The van der Waals surface area contributed by atoms with Crippen LogP contribution in [0.15, 0.2) is 42.5 Å². The highest BCUT2D eigenvalue weighted by Gasteiger charge is 2.41. The quantitative estimate of drug-likeness (QED) is 0.657. The van der Waals surface area contributed by atoms with Crippen molar-refractivity contribution in [1.82, 2.24) is 15.1 Å². The lowest BCUT2D eigenvalue weighted by atomic mass is 9.91. The number of hydrogen-bond acceptors (Lipinski definition) is 5. The van der Waals surface area contributed by atoms with Crippen LogP contribution in [0.5, 0.6) is 5.75 Å². The number of nitrogens with zero attached hydrogens (tertiary/aromatic N) is 2. The Labute approximate surface area is 208 Å². The Hall–Kier alpha value is -3.53. The highest BCUT2D eigenvalue weighted by Crippen LogP contribution is 2.24. The molecule has 8 nitrogen and oxygen atoms in total. The lowest BCUT2D eigenvalue weighted by molar-refractivity contribution is -0.133. The fourth-order valence-corrected chi connectivity index (χ4v) is 4.79. The Morgan fingerprint density at radius 2 is 1.56 bits per heavy atom. The summed E-state index contributed by atoms with van der Waals surface area (Å²) in [7, 11) is 1.49. The summed E-state index contributed by atoms with van der Waals surface area (Å²) < 4.78 is 32.6. The molecule has 0 bridgehead atoms. The topological polar surface area (TPSA) is 105 Å². The van der Waals surface area contributed by atoms with Gasteiger partial charge in [-0.25, -0.2) is 8.78 Å². The van der Waals surface area contributed by atoms with Crippen LogP contribution in [0.4, 0.5) is 8.78 Å². The molecular formula is C26H30F2N4O4. The van der Waals surface area contributed by atoms with Gasteiger partial charge in [0.25, 0.3) is 17.7 Å². The number of hydrogen-bond donors (Lipinski definition) is 2. The Kier molecular flexibility index (Phi) is 7.83. The molecule has 1 saturated heterocycles. The van der Waals surface area contributed by atoms with E-state index in [0.717, 1.165) is 25.0 Å². The van der Waals surface area contributed by atoms with E-state index >= 15 is 0 Å². The number of methoxy groups -OCH3 is 1. The Morgan fingerprint density at radius 1 is 0.917 bits per heavy atom. The zero-order chi connectivity index (χ0) is 25.8. The van der Waals surface area contributed by atoms with E-state index < -0.39 is 35.5 Å². The number of nitrogens with two attached hydrogens (primary N) is 1. The molecule has 3 amide bonds. The highest BCUT2D eigenvalue weighted by molar-refractivity contribution is 6.01. The summed E-state index contributed by atoms with van der Waals surface area (Å²) in [5.41, 5.74) is 6.18. The number of ether oxygens (including phenoxy) is 1. The van der Waals surface area contributed by atoms with Crippen molar-refractivity contribution in [2.24, 2.45) is 5.73 Å². The van der Waals surface area contributed by atoms with Crippen molar-refractivity contribution >= 4 is 17.7 Å². The minimum Gasteiger partial charge on any atom is -0.497 e. The van der Waals surface area contributed by atoms with Crippen LogP contribution in [-0.2, 0) is 4.79 Å². The lowest BCUT2D eigenvalue weighted by Gasteiger charge is -2.43. The number of halogens is 2. The summed E-state index contributed by atoms with van der Waals surface area (Å²) in [4.78, 5) is 43.1. The van der Waals surface area contributed by atoms with Crippen molar-refractivity contribution in [2.75, 3.05) is 20.2 Å². The second kappa shape index (κ2) is 11.0. The second-order valence-electron chi connectivity index (χ2n) is 9.21. The van der Waals surface area contributed by atoms with Crippen LogP contribution in [0.2, 0.25) is 0 Å². The van der Waals surface area contributed by atoms with Crippen molar-refractivity contribution < 1.29 is 27.9 Å². The zero-order valence-electron chi connectivity index (χ0n) is 20.1. The van der Waals surface area contributed by atoms with Gasteiger partial charge in [0.1, 0.15) is 5.75 Å². The molecule has 10 heteroatoms. The minimum absolute atomic E-state index is 0.0884. The molecule has 2 aromatic carbocycles. The van der Waals surface area contributed by atoms with E-state index in [1.165, 1.54) is 23.0 Å². The first-order chi connectivity index (χ1) is 17.3. The summed E-state index contributed by atoms with van der Waals surface area (Å²) in [5, 5.41) is 2.98. The molecule has 1 unspecified atom stereocenters. The molecule has 1 aliphatic heterocycles. The third kappa shape index (κ3) is 5.48. The van der Waals surface area contributed by atoms with E-state index in [9.17, 15) is 23.2 Å². The molecule has 36 heavy (non-hydrogen) atoms. The van der Waals surface area contributed by atoms with Crippen molar-refractivity contribution in [2.45, 2.75) is 50.4 Å². The van der Waals surface area contributed by atoms with Gasteiger partial charge in [0.15, 0.2) is 17.8 Å². The first kappa shape index (κ1) is 25.6. The van der Waals surface area contributed by atoms with Gasteiger partial charge in [-0.15, -0.1) is 0 Å². The highest BCUT2D eigenvalue weighted by atomic mass is 19.2. The summed E-state index contributed by atoms with van der Waals surface area (Å²) in [6, 6.07) is 9.34. The van der Waals surface area contributed by atoms with E-state index in [2.05, 4.69) is 5.32 Å². The molecule has 192 valence electrons. The van der Waals surface area contributed by atoms with Crippen molar-refractivity contribution in [3.05, 3.63) is 65.2 Å². The van der Waals surface area contributed by atoms with Crippen LogP contribution in [-0.4, -0.2) is 66.0 Å². The molecule has 2 aliphatic rings. The first-order valence-electron chi connectivity index (χ1n) is 12.1. The average molecular weight is 501 g/mol. The summed E-state index contributed by atoms with van der Waals surface area (Å²) in [6.45, 7) is 0.415. The van der Waals surface area contributed by atoms with Crippen LogP contribution in [0.1, 0.15) is 52.8 Å². The van der Waals surface area contributed by atoms with E-state index in [4.69, 9.17) is 10.5 Å². The normalized spacial score (nSPS) is 22.2. The molecule has 2 aromatic rings. The van der Waals surface area contributed by atoms with Crippen molar-refractivity contribution in [3.63, 3.8) is 0 Å². The van der Waals surface area contributed by atoms with Gasteiger partial charge in [-0.3, -0.25) is 14.4 Å². The summed E-state index contributed by atoms with van der Waals surface area (Å²) in [5.74, 6) is -3.37. The molecule has 2 fully saturated rings. The van der Waals surface area contributed by atoms with Crippen LogP contribution < -0.4 is 15.8 Å². The SMILES string of the molecule is COc1cccc(C(=O)N2CCCN(C(=O)c3ccc(F)c(F)c3)C2C(=O)NC2CCC(N)CC2)c1. The third-order valence-corrected chi connectivity index (χ3v) is 6.75. The molecule has 1 heterocycles. The van der Waals surface area contributed by atoms with Gasteiger partial charge < -0.3 is 25.6 Å². The standard InChI is InChI=1S/C26H30F2N4O4/c1-36-20-5-2-4-16(14-20)25(34)31-12-3-13-32(26(35)17-6-11-21(27)22(28)15-17)24(31)23(33)30-19-9-7-18(29)8-10-19/h2,4-6,11,14-15,18-19,24H,3,7-10,12-13,29H2,1H3,(H,30,33). The Balaban J connectivity index is 1.65. The number of carbonyl (C=O) groups excluding carboxylic acids is 3. The average Bonchev–Trinajstić information content (AvgIpc) is 2.90. The molecule has 3 N–H and O–H groups in total. The Bertz CT molecular complexity index is 1140. The van der Waals surface area contributed by atoms with E-state index in [-0.39, 0.29) is 30.7 Å². The first-order valence-corrected chi connectivity index (χ1v) is 12.1. The van der Waals surface area contributed by atoms with Crippen molar-refractivity contribution in [3.8, 4) is 5.75 Å². The van der Waals surface area contributed by atoms with Crippen LogP contribution in [0.3, 0.4) is 0 Å². The van der Waals surface area contributed by atoms with E-state index in [1.807, 2.05) is 0 Å². The molecule has 0 radical (unpaired) electrons. The summed E-state index contributed by atoms with van der Waals surface area (Å²) in [6.07, 6.45) is 2.07. The van der Waals surface area contributed by atoms with Crippen molar-refractivity contribution in [1.29, 1.82) is 0 Å². The van der Waals surface area contributed by atoms with Gasteiger partial charge in [0.05, 0.1) is 7.11 Å². The van der Waals surface area contributed by atoms with E-state index in [1.54, 1.807) is 24.3 Å².